The number of hydrogen-bond donors (Lipinski definition) is 2. The molecule has 7 heteroatoms. The number of Topliss-reactive ketones (excluding diaryl/α,β-unsaturated/α-hetero) is 1. The number of aromatic carboxylic acids is 1. The Hall–Kier alpha value is -1.47. The lowest BCUT2D eigenvalue weighted by atomic mass is 10.3. The van der Waals surface area contributed by atoms with Crippen molar-refractivity contribution in [2.24, 2.45) is 0 Å². The molecule has 1 aliphatic heterocycles. The van der Waals surface area contributed by atoms with E-state index in [9.17, 15) is 9.59 Å². The molecule has 6 nitrogen and oxygen atoms in total. The molecule has 1 aromatic rings. The van der Waals surface area contributed by atoms with Gasteiger partial charge in [0.1, 0.15) is 4.88 Å². The summed E-state index contributed by atoms with van der Waals surface area (Å²) in [6, 6.07) is 0. The van der Waals surface area contributed by atoms with E-state index >= 15 is 0 Å². The zero-order chi connectivity index (χ0) is 14.5. The summed E-state index contributed by atoms with van der Waals surface area (Å²) < 4.78 is 0. The summed E-state index contributed by atoms with van der Waals surface area (Å²) in [5.41, 5.74) is -0.149. The molecule has 0 unspecified atom stereocenters. The average molecular weight is 297 g/mol. The van der Waals surface area contributed by atoms with Gasteiger partial charge >= 0.3 is 5.97 Å². The molecule has 1 saturated heterocycles. The van der Waals surface area contributed by atoms with Crippen molar-refractivity contribution in [2.75, 3.05) is 31.5 Å². The highest BCUT2D eigenvalue weighted by Crippen LogP contribution is 2.23. The van der Waals surface area contributed by atoms with Crippen LogP contribution in [0.2, 0.25) is 0 Å². The van der Waals surface area contributed by atoms with Crippen LogP contribution in [0.1, 0.15) is 46.3 Å². The van der Waals surface area contributed by atoms with Gasteiger partial charge in [-0.2, -0.15) is 0 Å². The minimum atomic E-state index is -1.16. The fraction of sp³-hybridized carbons (Fsp3) is 0.615. The summed E-state index contributed by atoms with van der Waals surface area (Å²) in [4.78, 5) is 29.0. The highest BCUT2D eigenvalue weighted by molar-refractivity contribution is 7.17. The molecule has 0 atom stereocenters. The van der Waals surface area contributed by atoms with E-state index in [2.05, 4.69) is 15.2 Å². The largest absolute Gasteiger partial charge is 0.476 e. The third-order valence-electron chi connectivity index (χ3n) is 3.28. The number of likely N-dealkylation sites (tertiary alicyclic amines) is 1. The number of thiazole rings is 1. The van der Waals surface area contributed by atoms with E-state index < -0.39 is 5.97 Å². The van der Waals surface area contributed by atoms with Gasteiger partial charge in [0.05, 0.1) is 0 Å². The molecule has 2 N–H and O–H groups in total. The van der Waals surface area contributed by atoms with Crippen LogP contribution in [-0.2, 0) is 0 Å². The Morgan fingerprint density at radius 2 is 2.10 bits per heavy atom. The van der Waals surface area contributed by atoms with E-state index in [0.29, 0.717) is 5.13 Å². The highest BCUT2D eigenvalue weighted by atomic mass is 32.1. The molecule has 0 saturated carbocycles. The first-order chi connectivity index (χ1) is 9.58. The van der Waals surface area contributed by atoms with Crippen molar-refractivity contribution in [2.45, 2.75) is 26.2 Å². The highest BCUT2D eigenvalue weighted by Gasteiger charge is 2.20. The maximum atomic E-state index is 11.4. The van der Waals surface area contributed by atoms with E-state index in [0.717, 1.165) is 30.8 Å². The molecule has 1 aromatic heterocycles. The average Bonchev–Trinajstić information content (AvgIpc) is 3.04. The minimum absolute atomic E-state index is 0.149. The molecule has 1 aliphatic rings. The molecule has 0 radical (unpaired) electrons. The van der Waals surface area contributed by atoms with Gasteiger partial charge in [0.2, 0.25) is 0 Å². The summed E-state index contributed by atoms with van der Waals surface area (Å²) in [5.74, 6) is -1.42. The molecule has 0 aromatic carbocycles. The number of anilines is 1. The number of rotatable bonds is 7. The fourth-order valence-electron chi connectivity index (χ4n) is 2.28. The van der Waals surface area contributed by atoms with Crippen molar-refractivity contribution in [1.29, 1.82) is 0 Å². The predicted octanol–water partition coefficient (Wildman–Crippen LogP) is 1.94. The molecule has 1 fully saturated rings. The molecule has 2 heterocycles. The number of ketones is 1. The van der Waals surface area contributed by atoms with Gasteiger partial charge in [-0.25, -0.2) is 9.78 Å². The van der Waals surface area contributed by atoms with Gasteiger partial charge in [-0.1, -0.05) is 11.3 Å². The second-order valence-electron chi connectivity index (χ2n) is 4.89. The van der Waals surface area contributed by atoms with Crippen LogP contribution in [0.15, 0.2) is 0 Å². The van der Waals surface area contributed by atoms with Gasteiger partial charge in [-0.3, -0.25) is 4.79 Å². The first-order valence-corrected chi connectivity index (χ1v) is 7.61. The van der Waals surface area contributed by atoms with Crippen LogP contribution in [0.25, 0.3) is 0 Å². The number of carbonyl (C=O) groups is 2. The van der Waals surface area contributed by atoms with Gasteiger partial charge in [0.25, 0.3) is 0 Å². The van der Waals surface area contributed by atoms with Crippen molar-refractivity contribution < 1.29 is 14.7 Å². The van der Waals surface area contributed by atoms with Crippen molar-refractivity contribution in [1.82, 2.24) is 9.88 Å². The van der Waals surface area contributed by atoms with Gasteiger partial charge in [0.15, 0.2) is 16.6 Å². The van der Waals surface area contributed by atoms with Crippen LogP contribution >= 0.6 is 11.3 Å². The van der Waals surface area contributed by atoms with Crippen LogP contribution in [-0.4, -0.2) is 52.9 Å². The quantitative estimate of drug-likeness (QED) is 0.591. The Labute approximate surface area is 121 Å². The van der Waals surface area contributed by atoms with Gasteiger partial charge in [0, 0.05) is 13.5 Å². The summed E-state index contributed by atoms with van der Waals surface area (Å²) >= 11 is 1.11. The number of carboxylic acid groups (broad SMARTS) is 1. The van der Waals surface area contributed by atoms with Crippen LogP contribution in [0.3, 0.4) is 0 Å². The maximum absolute atomic E-state index is 11.4. The SMILES string of the molecule is CC(=O)c1sc(NCCCN2CCCC2)nc1C(=O)O. The number of aromatic nitrogens is 1. The first-order valence-electron chi connectivity index (χ1n) is 6.79. The first kappa shape index (κ1) is 14.9. The van der Waals surface area contributed by atoms with E-state index in [1.54, 1.807) is 0 Å². The number of hydrogen-bond acceptors (Lipinski definition) is 6. The van der Waals surface area contributed by atoms with Gasteiger partial charge in [-0.15, -0.1) is 0 Å². The van der Waals surface area contributed by atoms with Crippen LogP contribution < -0.4 is 5.32 Å². The lowest BCUT2D eigenvalue weighted by molar-refractivity contribution is 0.0687. The summed E-state index contributed by atoms with van der Waals surface area (Å²) in [7, 11) is 0. The Bertz CT molecular complexity index is 464. The number of carboxylic acids is 1. The molecule has 0 bridgehead atoms. The molecular formula is C13H19N3O3S. The van der Waals surface area contributed by atoms with Crippen molar-refractivity contribution >= 4 is 28.2 Å². The van der Waals surface area contributed by atoms with Crippen LogP contribution in [0, 0.1) is 0 Å². The monoisotopic (exact) mass is 297 g/mol. The molecule has 0 spiro atoms. The van der Waals surface area contributed by atoms with E-state index in [-0.39, 0.29) is 16.4 Å². The Morgan fingerprint density at radius 1 is 1.40 bits per heavy atom. The molecule has 110 valence electrons. The maximum Gasteiger partial charge on any atom is 0.356 e. The third-order valence-corrected chi connectivity index (χ3v) is 4.39. The van der Waals surface area contributed by atoms with Crippen LogP contribution in [0.4, 0.5) is 5.13 Å². The lowest BCUT2D eigenvalue weighted by Crippen LogP contribution is -2.22. The van der Waals surface area contributed by atoms with Crippen LogP contribution in [0.5, 0.6) is 0 Å². The Kier molecular flexibility index (Phi) is 5.08. The second-order valence-corrected chi connectivity index (χ2v) is 5.89. The topological polar surface area (TPSA) is 82.5 Å². The number of nitrogens with zero attached hydrogens (tertiary/aromatic N) is 2. The lowest BCUT2D eigenvalue weighted by Gasteiger charge is -2.13. The second kappa shape index (κ2) is 6.81. The zero-order valence-electron chi connectivity index (χ0n) is 11.5. The normalized spacial score (nSPS) is 15.4. The number of nitrogens with one attached hydrogen (secondary N) is 1. The van der Waals surface area contributed by atoms with Gasteiger partial charge in [-0.05, 0) is 38.9 Å². The zero-order valence-corrected chi connectivity index (χ0v) is 12.3. The molecular weight excluding hydrogens is 278 g/mol. The van der Waals surface area contributed by atoms with Crippen molar-refractivity contribution in [3.05, 3.63) is 10.6 Å². The molecule has 20 heavy (non-hydrogen) atoms. The summed E-state index contributed by atoms with van der Waals surface area (Å²) in [6.45, 7) is 5.49. The molecule has 2 rings (SSSR count). The summed E-state index contributed by atoms with van der Waals surface area (Å²) in [6.07, 6.45) is 3.55. The van der Waals surface area contributed by atoms with E-state index in [4.69, 9.17) is 5.11 Å². The molecule has 0 amide bonds. The molecule has 0 aliphatic carbocycles. The van der Waals surface area contributed by atoms with Crippen molar-refractivity contribution in [3.63, 3.8) is 0 Å². The number of carbonyl (C=O) groups excluding carboxylic acids is 1. The van der Waals surface area contributed by atoms with Gasteiger partial charge < -0.3 is 15.3 Å². The van der Waals surface area contributed by atoms with E-state index in [1.807, 2.05) is 0 Å². The minimum Gasteiger partial charge on any atom is -0.476 e. The predicted molar refractivity (Wildman–Crippen MR) is 77.9 cm³/mol. The standard InChI is InChI=1S/C13H19N3O3S/c1-9(17)11-10(12(18)19)15-13(20-11)14-5-4-8-16-6-2-3-7-16/h2-8H2,1H3,(H,14,15)(H,18,19). The summed E-state index contributed by atoms with van der Waals surface area (Å²) in [5, 5.41) is 12.6. The van der Waals surface area contributed by atoms with Crippen molar-refractivity contribution in [3.8, 4) is 0 Å². The Morgan fingerprint density at radius 3 is 2.65 bits per heavy atom. The third kappa shape index (κ3) is 3.77. The smallest absolute Gasteiger partial charge is 0.356 e. The Balaban J connectivity index is 1.84. The fourth-order valence-corrected chi connectivity index (χ4v) is 3.16. The van der Waals surface area contributed by atoms with E-state index in [1.165, 1.54) is 32.9 Å².